The van der Waals surface area contributed by atoms with Crippen molar-refractivity contribution in [3.63, 3.8) is 0 Å². The third kappa shape index (κ3) is 5.26. The lowest BCUT2D eigenvalue weighted by molar-refractivity contribution is -0.169. The van der Waals surface area contributed by atoms with Crippen molar-refractivity contribution in [2.45, 2.75) is 25.9 Å². The highest BCUT2D eigenvalue weighted by atomic mass is 16.6. The summed E-state index contributed by atoms with van der Waals surface area (Å²) < 4.78 is 8.55. The number of carbonyl (C=O) groups is 3. The Morgan fingerprint density at radius 3 is 2.64 bits per heavy atom. The molecule has 14 heavy (non-hydrogen) atoms. The summed E-state index contributed by atoms with van der Waals surface area (Å²) in [6.07, 6.45) is -0.906. The van der Waals surface area contributed by atoms with E-state index in [1.54, 1.807) is 0 Å². The van der Waals surface area contributed by atoms with E-state index in [2.05, 4.69) is 9.47 Å². The minimum Gasteiger partial charge on any atom is -0.453 e. The van der Waals surface area contributed by atoms with Gasteiger partial charge in [-0.15, -0.1) is 0 Å². The molecule has 0 rings (SSSR count). The molecular weight excluding hydrogens is 192 g/mol. The molecule has 1 atom stereocenters. The zero-order chi connectivity index (χ0) is 11.0. The van der Waals surface area contributed by atoms with Crippen LogP contribution in [0.2, 0.25) is 0 Å². The summed E-state index contributed by atoms with van der Waals surface area (Å²) in [6.45, 7) is 1.24. The molecule has 0 aromatic heterocycles. The van der Waals surface area contributed by atoms with Crippen LogP contribution in [0, 0.1) is 0 Å². The summed E-state index contributed by atoms with van der Waals surface area (Å²) in [6, 6.07) is 0. The summed E-state index contributed by atoms with van der Waals surface area (Å²) in [5.74, 6) is -1.66. The average molecular weight is 204 g/mol. The van der Waals surface area contributed by atoms with Gasteiger partial charge in [-0.25, -0.2) is 4.79 Å². The molecule has 1 N–H and O–H groups in total. The first-order valence-electron chi connectivity index (χ1n) is 4.06. The summed E-state index contributed by atoms with van der Waals surface area (Å²) >= 11 is 0. The van der Waals surface area contributed by atoms with Gasteiger partial charge in [0.15, 0.2) is 6.10 Å². The van der Waals surface area contributed by atoms with Crippen molar-refractivity contribution in [1.29, 1.82) is 0 Å². The van der Waals surface area contributed by atoms with Gasteiger partial charge in [-0.05, 0) is 13.3 Å². The van der Waals surface area contributed by atoms with E-state index >= 15 is 0 Å². The van der Waals surface area contributed by atoms with Gasteiger partial charge in [0.2, 0.25) is 0 Å². The summed E-state index contributed by atoms with van der Waals surface area (Å²) in [4.78, 5) is 31.6. The van der Waals surface area contributed by atoms with Gasteiger partial charge < -0.3 is 14.6 Å². The van der Waals surface area contributed by atoms with Gasteiger partial charge in [0.25, 0.3) is 6.47 Å². The van der Waals surface area contributed by atoms with Crippen LogP contribution in [-0.4, -0.2) is 36.2 Å². The minimum absolute atomic E-state index is 0.0456. The molecule has 0 amide bonds. The molecule has 0 aromatic carbocycles. The molecule has 0 aliphatic heterocycles. The lowest BCUT2D eigenvalue weighted by Crippen LogP contribution is -2.25. The molecule has 0 bridgehead atoms. The second-order valence-corrected chi connectivity index (χ2v) is 2.49. The molecule has 0 aromatic rings. The van der Waals surface area contributed by atoms with Gasteiger partial charge in [0, 0.05) is 13.0 Å². The third-order valence-corrected chi connectivity index (χ3v) is 1.35. The number of hydrogen-bond donors (Lipinski definition) is 1. The average Bonchev–Trinajstić information content (AvgIpc) is 2.15. The minimum atomic E-state index is -1.09. The van der Waals surface area contributed by atoms with E-state index in [-0.39, 0.29) is 25.9 Å². The fourth-order valence-corrected chi connectivity index (χ4v) is 0.608. The number of ether oxygens (including phenoxy) is 2. The number of carbonyl (C=O) groups excluding carboxylic acids is 3. The zero-order valence-electron chi connectivity index (χ0n) is 7.76. The van der Waals surface area contributed by atoms with E-state index in [9.17, 15) is 14.4 Å². The molecule has 0 aliphatic rings. The molecular formula is C8H12O6. The van der Waals surface area contributed by atoms with Gasteiger partial charge in [-0.3, -0.25) is 9.59 Å². The lowest BCUT2D eigenvalue weighted by atomic mass is 10.3. The Balaban J connectivity index is 3.80. The lowest BCUT2D eigenvalue weighted by Gasteiger charge is -2.07. The zero-order valence-corrected chi connectivity index (χ0v) is 7.76. The van der Waals surface area contributed by atoms with E-state index in [1.165, 1.54) is 6.92 Å². The van der Waals surface area contributed by atoms with Crippen molar-refractivity contribution in [1.82, 2.24) is 0 Å². The third-order valence-electron chi connectivity index (χ3n) is 1.35. The van der Waals surface area contributed by atoms with Crippen LogP contribution >= 0.6 is 0 Å². The largest absolute Gasteiger partial charge is 0.453 e. The molecule has 0 aliphatic carbocycles. The van der Waals surface area contributed by atoms with Crippen molar-refractivity contribution in [2.75, 3.05) is 6.61 Å². The van der Waals surface area contributed by atoms with E-state index < -0.39 is 18.0 Å². The Bertz CT molecular complexity index is 212. The normalized spacial score (nSPS) is 11.6. The van der Waals surface area contributed by atoms with E-state index in [0.717, 1.165) is 0 Å². The van der Waals surface area contributed by atoms with Gasteiger partial charge in [-0.1, -0.05) is 0 Å². The number of esters is 2. The first-order valence-corrected chi connectivity index (χ1v) is 4.06. The van der Waals surface area contributed by atoms with Gasteiger partial charge in [0.1, 0.15) is 0 Å². The maximum atomic E-state index is 10.9. The number of aliphatic hydroxyl groups is 1. The molecule has 0 radical (unpaired) electrons. The van der Waals surface area contributed by atoms with Crippen LogP contribution < -0.4 is 0 Å². The topological polar surface area (TPSA) is 89.9 Å². The molecule has 0 spiro atoms. The monoisotopic (exact) mass is 204 g/mol. The predicted molar refractivity (Wildman–Crippen MR) is 44.0 cm³/mol. The number of hydrogen-bond acceptors (Lipinski definition) is 6. The molecule has 6 heteroatoms. The van der Waals surface area contributed by atoms with Crippen LogP contribution in [0.15, 0.2) is 0 Å². The predicted octanol–water partition coefficient (Wildman–Crippen LogP) is -0.610. The summed E-state index contributed by atoms with van der Waals surface area (Å²) in [7, 11) is 0. The summed E-state index contributed by atoms with van der Waals surface area (Å²) in [5.41, 5.74) is 0. The van der Waals surface area contributed by atoms with Crippen LogP contribution in [0.4, 0.5) is 0 Å². The van der Waals surface area contributed by atoms with E-state index in [4.69, 9.17) is 5.11 Å². The molecule has 80 valence electrons. The highest BCUT2D eigenvalue weighted by Crippen LogP contribution is 1.97. The highest BCUT2D eigenvalue weighted by Gasteiger charge is 2.18. The Morgan fingerprint density at radius 1 is 1.50 bits per heavy atom. The second-order valence-electron chi connectivity index (χ2n) is 2.49. The van der Waals surface area contributed by atoms with Crippen LogP contribution in [-0.2, 0) is 23.9 Å². The van der Waals surface area contributed by atoms with Crippen molar-refractivity contribution in [2.24, 2.45) is 0 Å². The van der Waals surface area contributed by atoms with E-state index in [0.29, 0.717) is 0 Å². The Morgan fingerprint density at radius 2 is 2.14 bits per heavy atom. The fourth-order valence-electron chi connectivity index (χ4n) is 0.608. The molecule has 1 unspecified atom stereocenters. The Kier molecular flexibility index (Phi) is 6.30. The first-order chi connectivity index (χ1) is 6.61. The van der Waals surface area contributed by atoms with Gasteiger partial charge in [-0.2, -0.15) is 0 Å². The number of aliphatic hydroxyl groups excluding tert-OH is 1. The molecule has 0 fully saturated rings. The maximum Gasteiger partial charge on any atom is 0.354 e. The second kappa shape index (κ2) is 7.02. The molecule has 6 nitrogen and oxygen atoms in total. The Hall–Kier alpha value is -1.43. The van der Waals surface area contributed by atoms with Gasteiger partial charge in [0.05, 0.1) is 0 Å². The van der Waals surface area contributed by atoms with Crippen molar-refractivity contribution in [3.05, 3.63) is 0 Å². The highest BCUT2D eigenvalue weighted by molar-refractivity contribution is 5.88. The van der Waals surface area contributed by atoms with Crippen LogP contribution in [0.1, 0.15) is 19.8 Å². The first kappa shape index (κ1) is 12.6. The van der Waals surface area contributed by atoms with Crippen LogP contribution in [0.25, 0.3) is 0 Å². The standard InChI is InChI=1S/C8H12O6/c1-6(13-5-10)8(12)14-7(11)3-2-4-9/h5-6,9H,2-4H2,1H3. The van der Waals surface area contributed by atoms with E-state index in [1.807, 2.05) is 0 Å². The molecule has 0 saturated heterocycles. The van der Waals surface area contributed by atoms with Gasteiger partial charge >= 0.3 is 11.9 Å². The summed E-state index contributed by atoms with van der Waals surface area (Å²) in [5, 5.41) is 8.38. The van der Waals surface area contributed by atoms with Crippen molar-refractivity contribution >= 4 is 18.4 Å². The fraction of sp³-hybridized carbons (Fsp3) is 0.625. The number of rotatable bonds is 6. The maximum absolute atomic E-state index is 10.9. The Labute approximate surface area is 80.8 Å². The molecule has 0 saturated carbocycles. The molecule has 0 heterocycles. The van der Waals surface area contributed by atoms with Crippen LogP contribution in [0.3, 0.4) is 0 Å². The quantitative estimate of drug-likeness (QED) is 0.352. The SMILES string of the molecule is CC(OC=O)C(=O)OC(=O)CCCO. The van der Waals surface area contributed by atoms with Crippen molar-refractivity contribution in [3.8, 4) is 0 Å². The van der Waals surface area contributed by atoms with Crippen molar-refractivity contribution < 1.29 is 29.0 Å². The smallest absolute Gasteiger partial charge is 0.354 e. The van der Waals surface area contributed by atoms with Crippen LogP contribution in [0.5, 0.6) is 0 Å².